The van der Waals surface area contributed by atoms with E-state index in [1.807, 2.05) is 0 Å². The summed E-state index contributed by atoms with van der Waals surface area (Å²) in [6.07, 6.45) is 3.11. The number of pyridine rings is 1. The van der Waals surface area contributed by atoms with E-state index >= 15 is 0 Å². The summed E-state index contributed by atoms with van der Waals surface area (Å²) in [5.74, 6) is -0.398. The van der Waals surface area contributed by atoms with Gasteiger partial charge in [-0.05, 0) is 19.9 Å². The third-order valence-electron chi connectivity index (χ3n) is 2.74. The van der Waals surface area contributed by atoms with E-state index in [4.69, 9.17) is 5.73 Å². The number of likely N-dealkylation sites (N-methyl/N-ethyl adjacent to an activating group) is 1. The first-order chi connectivity index (χ1) is 8.97. The number of amides is 3. The molecule has 7 heteroatoms. The van der Waals surface area contributed by atoms with Crippen molar-refractivity contribution in [3.05, 3.63) is 18.5 Å². The van der Waals surface area contributed by atoms with E-state index in [0.29, 0.717) is 17.9 Å². The Bertz CT molecular complexity index is 463. The van der Waals surface area contributed by atoms with E-state index in [2.05, 4.69) is 15.6 Å². The predicted octanol–water partition coefficient (Wildman–Crippen LogP) is 0.334. The van der Waals surface area contributed by atoms with Crippen LogP contribution in [0.5, 0.6) is 0 Å². The molecule has 104 valence electrons. The van der Waals surface area contributed by atoms with E-state index in [9.17, 15) is 9.59 Å². The first-order valence-corrected chi connectivity index (χ1v) is 5.98. The zero-order valence-corrected chi connectivity index (χ0v) is 11.3. The second-order valence-corrected chi connectivity index (χ2v) is 4.07. The van der Waals surface area contributed by atoms with Crippen LogP contribution < -0.4 is 21.3 Å². The lowest BCUT2D eigenvalue weighted by molar-refractivity contribution is -0.120. The third-order valence-corrected chi connectivity index (χ3v) is 2.74. The lowest BCUT2D eigenvalue weighted by Gasteiger charge is -2.26. The number of aromatic nitrogens is 1. The number of imide groups is 1. The number of carbonyl (C=O) groups is 2. The van der Waals surface area contributed by atoms with Crippen molar-refractivity contribution in [1.82, 2.24) is 15.6 Å². The van der Waals surface area contributed by atoms with Crippen LogP contribution in [0.25, 0.3) is 0 Å². The quantitative estimate of drug-likeness (QED) is 0.728. The summed E-state index contributed by atoms with van der Waals surface area (Å²) in [6, 6.07) is 0.674. The average molecular weight is 265 g/mol. The Balaban J connectivity index is 2.72. The van der Waals surface area contributed by atoms with Crippen molar-refractivity contribution in [1.29, 1.82) is 0 Å². The summed E-state index contributed by atoms with van der Waals surface area (Å²) in [7, 11) is 1.73. The van der Waals surface area contributed by atoms with Gasteiger partial charge in [-0.3, -0.25) is 15.1 Å². The van der Waals surface area contributed by atoms with Crippen LogP contribution in [0.3, 0.4) is 0 Å². The van der Waals surface area contributed by atoms with Gasteiger partial charge >= 0.3 is 6.03 Å². The van der Waals surface area contributed by atoms with Gasteiger partial charge in [-0.2, -0.15) is 0 Å². The van der Waals surface area contributed by atoms with Gasteiger partial charge in [-0.25, -0.2) is 4.79 Å². The van der Waals surface area contributed by atoms with Crippen LogP contribution in [0.1, 0.15) is 13.8 Å². The second-order valence-electron chi connectivity index (χ2n) is 4.07. The van der Waals surface area contributed by atoms with Gasteiger partial charge in [0, 0.05) is 19.8 Å². The number of rotatable bonds is 4. The molecule has 1 unspecified atom stereocenters. The molecule has 0 spiro atoms. The highest BCUT2D eigenvalue weighted by atomic mass is 16.2. The van der Waals surface area contributed by atoms with E-state index in [-0.39, 0.29) is 0 Å². The van der Waals surface area contributed by atoms with Crippen molar-refractivity contribution in [2.75, 3.05) is 24.2 Å². The topological polar surface area (TPSA) is 100 Å². The highest BCUT2D eigenvalue weighted by molar-refractivity contribution is 5.98. The Kier molecular flexibility index (Phi) is 5.11. The fourth-order valence-electron chi connectivity index (χ4n) is 1.53. The van der Waals surface area contributed by atoms with Gasteiger partial charge in [0.15, 0.2) is 0 Å². The number of carbonyl (C=O) groups excluding carboxylic acids is 2. The Morgan fingerprint density at radius 1 is 1.53 bits per heavy atom. The largest absolute Gasteiger partial charge is 0.396 e. The average Bonchev–Trinajstić information content (AvgIpc) is 2.37. The normalized spacial score (nSPS) is 11.5. The minimum absolute atomic E-state index is 0.398. The maximum Gasteiger partial charge on any atom is 0.321 e. The molecular weight excluding hydrogens is 246 g/mol. The van der Waals surface area contributed by atoms with Crippen LogP contribution in [0, 0.1) is 0 Å². The minimum Gasteiger partial charge on any atom is -0.396 e. The van der Waals surface area contributed by atoms with Gasteiger partial charge in [0.1, 0.15) is 6.04 Å². The number of nitrogens with zero attached hydrogens (tertiary/aromatic N) is 2. The van der Waals surface area contributed by atoms with Crippen LogP contribution in [0.15, 0.2) is 18.5 Å². The Morgan fingerprint density at radius 2 is 2.21 bits per heavy atom. The zero-order chi connectivity index (χ0) is 14.4. The first kappa shape index (κ1) is 14.7. The molecule has 0 aromatic carbocycles. The summed E-state index contributed by atoms with van der Waals surface area (Å²) >= 11 is 0. The maximum atomic E-state index is 11.9. The maximum absolute atomic E-state index is 11.9. The monoisotopic (exact) mass is 265 g/mol. The molecule has 0 aliphatic carbocycles. The molecule has 0 aliphatic heterocycles. The third kappa shape index (κ3) is 3.84. The standard InChI is InChI=1S/C12H19N5O2/c1-4-15-12(19)16-11(18)8(2)17(3)10-5-6-14-7-9(10)13/h5-8H,4,13H2,1-3H3,(H2,15,16,18,19). The number of hydrogen-bond acceptors (Lipinski definition) is 5. The van der Waals surface area contributed by atoms with Gasteiger partial charge in [-0.1, -0.05) is 0 Å². The molecule has 0 aliphatic rings. The molecule has 4 N–H and O–H groups in total. The van der Waals surface area contributed by atoms with Gasteiger partial charge in [0.2, 0.25) is 5.91 Å². The van der Waals surface area contributed by atoms with Crippen LogP contribution in [-0.4, -0.2) is 36.6 Å². The van der Waals surface area contributed by atoms with Crippen molar-refractivity contribution >= 4 is 23.3 Å². The smallest absolute Gasteiger partial charge is 0.321 e. The molecule has 0 saturated carbocycles. The Hall–Kier alpha value is -2.31. The summed E-state index contributed by atoms with van der Waals surface area (Å²) in [4.78, 5) is 28.7. The van der Waals surface area contributed by atoms with Gasteiger partial charge in [0.05, 0.1) is 17.6 Å². The fraction of sp³-hybridized carbons (Fsp3) is 0.417. The molecular formula is C12H19N5O2. The molecule has 1 aromatic heterocycles. The number of nitrogens with one attached hydrogen (secondary N) is 2. The molecule has 3 amide bonds. The molecule has 19 heavy (non-hydrogen) atoms. The first-order valence-electron chi connectivity index (χ1n) is 5.98. The lowest BCUT2D eigenvalue weighted by atomic mass is 10.2. The molecule has 0 bridgehead atoms. The highest BCUT2D eigenvalue weighted by Gasteiger charge is 2.21. The predicted molar refractivity (Wildman–Crippen MR) is 73.7 cm³/mol. The van der Waals surface area contributed by atoms with Crippen molar-refractivity contribution in [2.45, 2.75) is 19.9 Å². The SMILES string of the molecule is CCNC(=O)NC(=O)C(C)N(C)c1ccncc1N. The fourth-order valence-corrected chi connectivity index (χ4v) is 1.53. The van der Waals surface area contributed by atoms with Crippen LogP contribution in [0.4, 0.5) is 16.2 Å². The number of anilines is 2. The van der Waals surface area contributed by atoms with Crippen LogP contribution in [0.2, 0.25) is 0 Å². The number of nitrogen functional groups attached to an aromatic ring is 1. The number of nitrogens with two attached hydrogens (primary N) is 1. The summed E-state index contributed by atoms with van der Waals surface area (Å²) in [5.41, 5.74) is 6.96. The van der Waals surface area contributed by atoms with Crippen molar-refractivity contribution < 1.29 is 9.59 Å². The summed E-state index contributed by atoms with van der Waals surface area (Å²) < 4.78 is 0. The highest BCUT2D eigenvalue weighted by Crippen LogP contribution is 2.21. The van der Waals surface area contributed by atoms with E-state index < -0.39 is 18.0 Å². The van der Waals surface area contributed by atoms with Crippen molar-refractivity contribution in [3.8, 4) is 0 Å². The molecule has 1 heterocycles. The molecule has 1 atom stereocenters. The lowest BCUT2D eigenvalue weighted by Crippen LogP contribution is -2.48. The molecule has 0 saturated heterocycles. The van der Waals surface area contributed by atoms with Crippen molar-refractivity contribution in [2.24, 2.45) is 0 Å². The second kappa shape index (κ2) is 6.58. The summed E-state index contributed by atoms with van der Waals surface area (Å²) in [6.45, 7) is 3.92. The Labute approximate surface area is 112 Å². The van der Waals surface area contributed by atoms with Gasteiger partial charge in [0.25, 0.3) is 0 Å². The van der Waals surface area contributed by atoms with E-state index in [0.717, 1.165) is 0 Å². The molecule has 0 fully saturated rings. The molecule has 0 radical (unpaired) electrons. The number of urea groups is 1. The minimum atomic E-state index is -0.535. The number of hydrogen-bond donors (Lipinski definition) is 3. The van der Waals surface area contributed by atoms with E-state index in [1.165, 1.54) is 6.20 Å². The van der Waals surface area contributed by atoms with Crippen LogP contribution in [-0.2, 0) is 4.79 Å². The zero-order valence-electron chi connectivity index (χ0n) is 11.3. The van der Waals surface area contributed by atoms with Gasteiger partial charge < -0.3 is 16.0 Å². The molecule has 1 aromatic rings. The van der Waals surface area contributed by atoms with E-state index in [1.54, 1.807) is 38.1 Å². The Morgan fingerprint density at radius 3 is 2.79 bits per heavy atom. The van der Waals surface area contributed by atoms with Crippen molar-refractivity contribution in [3.63, 3.8) is 0 Å². The molecule has 1 rings (SSSR count). The summed E-state index contributed by atoms with van der Waals surface area (Å²) in [5, 5.41) is 4.76. The van der Waals surface area contributed by atoms with Gasteiger partial charge in [-0.15, -0.1) is 0 Å². The molecule has 7 nitrogen and oxygen atoms in total. The van der Waals surface area contributed by atoms with Crippen LogP contribution >= 0.6 is 0 Å².